The highest BCUT2D eigenvalue weighted by Gasteiger charge is 2.23. The molecule has 1 fully saturated rings. The molecule has 1 amide bonds. The van der Waals surface area contributed by atoms with E-state index in [1.807, 2.05) is 23.2 Å². The van der Waals surface area contributed by atoms with Crippen LogP contribution < -0.4 is 10.2 Å². The lowest BCUT2D eigenvalue weighted by atomic mass is 10.0. The molecule has 1 unspecified atom stereocenters. The predicted molar refractivity (Wildman–Crippen MR) is 119 cm³/mol. The third-order valence-corrected chi connectivity index (χ3v) is 5.87. The summed E-state index contributed by atoms with van der Waals surface area (Å²) < 4.78 is 18.3. The highest BCUT2D eigenvalue weighted by atomic mass is 19.1. The number of H-pyrrole nitrogens is 1. The van der Waals surface area contributed by atoms with Gasteiger partial charge in [0.1, 0.15) is 6.67 Å². The Labute approximate surface area is 181 Å². The number of fused-ring (bicyclic) bond motifs is 1. The van der Waals surface area contributed by atoms with Gasteiger partial charge in [-0.15, -0.1) is 0 Å². The number of alkyl halides is 1. The Morgan fingerprint density at radius 1 is 1.29 bits per heavy atom. The lowest BCUT2D eigenvalue weighted by Gasteiger charge is -2.33. The first-order valence-electron chi connectivity index (χ1n) is 11.0. The van der Waals surface area contributed by atoms with Crippen LogP contribution in [-0.4, -0.2) is 66.2 Å². The number of benzene rings is 1. The maximum Gasteiger partial charge on any atom is 0.298 e. The highest BCUT2D eigenvalue weighted by molar-refractivity contribution is 5.91. The van der Waals surface area contributed by atoms with E-state index in [1.165, 1.54) is 17.1 Å². The fourth-order valence-electron chi connectivity index (χ4n) is 4.19. The van der Waals surface area contributed by atoms with Gasteiger partial charge in [0.15, 0.2) is 0 Å². The van der Waals surface area contributed by atoms with Gasteiger partial charge in [0.25, 0.3) is 11.9 Å². The van der Waals surface area contributed by atoms with E-state index < -0.39 is 0 Å². The van der Waals surface area contributed by atoms with E-state index >= 15 is 0 Å². The summed E-state index contributed by atoms with van der Waals surface area (Å²) in [4.78, 5) is 24.5. The zero-order chi connectivity index (χ0) is 21.6. The second-order valence-corrected chi connectivity index (χ2v) is 8.05. The lowest BCUT2D eigenvalue weighted by Crippen LogP contribution is -2.47. The van der Waals surface area contributed by atoms with Crippen molar-refractivity contribution in [3.63, 3.8) is 0 Å². The van der Waals surface area contributed by atoms with E-state index in [0.29, 0.717) is 25.6 Å². The van der Waals surface area contributed by atoms with Gasteiger partial charge >= 0.3 is 0 Å². The van der Waals surface area contributed by atoms with Crippen molar-refractivity contribution in [2.45, 2.75) is 32.2 Å². The SMILES string of the molecule is CCCC(Cc1c[nH]c2ccccc12)NC(=O)c1cnc(N2CCN(CCF)CC2)o1. The molecule has 31 heavy (non-hydrogen) atoms. The third kappa shape index (κ3) is 5.07. The minimum absolute atomic E-state index is 0.00880. The second-order valence-electron chi connectivity index (χ2n) is 8.05. The lowest BCUT2D eigenvalue weighted by molar-refractivity contribution is 0.0907. The van der Waals surface area contributed by atoms with E-state index in [1.54, 1.807) is 0 Å². The summed E-state index contributed by atoms with van der Waals surface area (Å²) in [5.74, 6) is -0.0191. The predicted octanol–water partition coefficient (Wildman–Crippen LogP) is 3.39. The molecule has 2 N–H and O–H groups in total. The van der Waals surface area contributed by atoms with Crippen LogP contribution >= 0.6 is 0 Å². The van der Waals surface area contributed by atoms with Gasteiger partial charge in [-0.05, 0) is 24.5 Å². The van der Waals surface area contributed by atoms with E-state index in [9.17, 15) is 9.18 Å². The van der Waals surface area contributed by atoms with Crippen molar-refractivity contribution in [1.29, 1.82) is 0 Å². The highest BCUT2D eigenvalue weighted by Crippen LogP contribution is 2.21. The van der Waals surface area contributed by atoms with Gasteiger partial charge in [0.05, 0.1) is 6.20 Å². The molecular formula is C23H30FN5O2. The molecule has 1 aromatic carbocycles. The molecule has 166 valence electrons. The molecule has 7 nitrogen and oxygen atoms in total. The van der Waals surface area contributed by atoms with Gasteiger partial charge in [-0.1, -0.05) is 31.5 Å². The number of carbonyl (C=O) groups is 1. The number of aromatic nitrogens is 2. The van der Waals surface area contributed by atoms with Gasteiger partial charge in [0.2, 0.25) is 5.76 Å². The van der Waals surface area contributed by atoms with E-state index in [-0.39, 0.29) is 24.4 Å². The van der Waals surface area contributed by atoms with Crippen LogP contribution in [0.4, 0.5) is 10.4 Å². The minimum Gasteiger partial charge on any atom is -0.418 e. The molecule has 1 saturated heterocycles. The summed E-state index contributed by atoms with van der Waals surface area (Å²) in [5.41, 5.74) is 2.30. The smallest absolute Gasteiger partial charge is 0.298 e. The number of aromatic amines is 1. The molecule has 1 aliphatic rings. The number of rotatable bonds is 9. The van der Waals surface area contributed by atoms with Crippen LogP contribution in [0.1, 0.15) is 35.9 Å². The van der Waals surface area contributed by atoms with Crippen molar-refractivity contribution in [3.05, 3.63) is 48.0 Å². The zero-order valence-electron chi connectivity index (χ0n) is 17.9. The topological polar surface area (TPSA) is 77.4 Å². The normalized spacial score (nSPS) is 16.0. The molecule has 3 aromatic rings. The average Bonchev–Trinajstić information content (AvgIpc) is 3.43. The molecule has 0 radical (unpaired) electrons. The number of para-hydroxylation sites is 1. The first-order chi connectivity index (χ1) is 15.2. The van der Waals surface area contributed by atoms with Gasteiger partial charge in [0, 0.05) is 55.9 Å². The number of piperazine rings is 1. The summed E-state index contributed by atoms with van der Waals surface area (Å²) in [6.45, 7) is 5.18. The van der Waals surface area contributed by atoms with Crippen molar-refractivity contribution in [3.8, 4) is 0 Å². The number of nitrogens with one attached hydrogen (secondary N) is 2. The summed E-state index contributed by atoms with van der Waals surface area (Å²) in [6.07, 6.45) is 6.11. The number of carbonyl (C=O) groups excluding carboxylic acids is 1. The van der Waals surface area contributed by atoms with Crippen molar-refractivity contribution in [1.82, 2.24) is 20.2 Å². The summed E-state index contributed by atoms with van der Waals surface area (Å²) in [7, 11) is 0. The maximum atomic E-state index is 12.8. The van der Waals surface area contributed by atoms with Crippen LogP contribution in [0.5, 0.6) is 0 Å². The van der Waals surface area contributed by atoms with Crippen LogP contribution in [-0.2, 0) is 6.42 Å². The Bertz CT molecular complexity index is 993. The number of hydrogen-bond donors (Lipinski definition) is 2. The molecule has 3 heterocycles. The molecule has 0 saturated carbocycles. The Hall–Kier alpha value is -2.87. The molecule has 0 aliphatic carbocycles. The summed E-state index contributed by atoms with van der Waals surface area (Å²) >= 11 is 0. The van der Waals surface area contributed by atoms with Gasteiger partial charge < -0.3 is 19.6 Å². The Kier molecular flexibility index (Phi) is 6.86. The number of oxazole rings is 1. The Balaban J connectivity index is 1.38. The summed E-state index contributed by atoms with van der Waals surface area (Å²) in [5, 5.41) is 4.31. The zero-order valence-corrected chi connectivity index (χ0v) is 17.9. The number of anilines is 1. The first-order valence-corrected chi connectivity index (χ1v) is 11.0. The minimum atomic E-state index is -0.333. The molecule has 4 rings (SSSR count). The Morgan fingerprint density at radius 2 is 2.10 bits per heavy atom. The second kappa shape index (κ2) is 9.96. The van der Waals surface area contributed by atoms with Gasteiger partial charge in [-0.25, -0.2) is 9.37 Å². The standard InChI is InChI=1S/C23H30FN5O2/c1-2-5-18(14-17-15-25-20-7-4-3-6-19(17)20)27-22(30)21-16-26-23(31-21)29-12-10-28(9-8-24)11-13-29/h3-4,6-7,15-16,18,25H,2,5,8-14H2,1H3,(H,27,30). The molecule has 0 bridgehead atoms. The molecular weight excluding hydrogens is 397 g/mol. The van der Waals surface area contributed by atoms with Crippen molar-refractivity contribution < 1.29 is 13.6 Å². The van der Waals surface area contributed by atoms with Crippen molar-refractivity contribution in [2.75, 3.05) is 44.3 Å². The van der Waals surface area contributed by atoms with Gasteiger partial charge in [-0.2, -0.15) is 0 Å². The van der Waals surface area contributed by atoms with Crippen LogP contribution in [0.25, 0.3) is 10.9 Å². The van der Waals surface area contributed by atoms with Crippen LogP contribution in [0.15, 0.2) is 41.1 Å². The van der Waals surface area contributed by atoms with E-state index in [4.69, 9.17) is 4.42 Å². The van der Waals surface area contributed by atoms with Crippen LogP contribution in [0.2, 0.25) is 0 Å². The fourth-order valence-corrected chi connectivity index (χ4v) is 4.19. The average molecular weight is 428 g/mol. The number of amides is 1. The number of hydrogen-bond acceptors (Lipinski definition) is 5. The van der Waals surface area contributed by atoms with E-state index in [0.717, 1.165) is 37.9 Å². The molecule has 1 atom stereocenters. The van der Waals surface area contributed by atoms with Gasteiger partial charge in [-0.3, -0.25) is 9.69 Å². The molecule has 1 aliphatic heterocycles. The van der Waals surface area contributed by atoms with E-state index in [2.05, 4.69) is 39.2 Å². The quantitative estimate of drug-likeness (QED) is 0.547. The first kappa shape index (κ1) is 21.4. The third-order valence-electron chi connectivity index (χ3n) is 5.87. The summed E-state index contributed by atoms with van der Waals surface area (Å²) in [6, 6.07) is 8.65. The van der Waals surface area contributed by atoms with Crippen LogP contribution in [0, 0.1) is 0 Å². The van der Waals surface area contributed by atoms with Crippen molar-refractivity contribution in [2.24, 2.45) is 0 Å². The monoisotopic (exact) mass is 427 g/mol. The molecule has 2 aromatic heterocycles. The number of nitrogens with zero attached hydrogens (tertiary/aromatic N) is 3. The molecule has 8 heteroatoms. The maximum absolute atomic E-state index is 12.8. The van der Waals surface area contributed by atoms with Crippen molar-refractivity contribution >= 4 is 22.8 Å². The molecule has 0 spiro atoms. The Morgan fingerprint density at radius 3 is 2.87 bits per heavy atom. The number of halogens is 1. The van der Waals surface area contributed by atoms with Crippen LogP contribution in [0.3, 0.4) is 0 Å². The fraction of sp³-hybridized carbons (Fsp3) is 0.478. The largest absolute Gasteiger partial charge is 0.418 e.